The van der Waals surface area contributed by atoms with E-state index in [0.717, 1.165) is 74.5 Å². The van der Waals surface area contributed by atoms with Gasteiger partial charge < -0.3 is 148 Å². The van der Waals surface area contributed by atoms with Crippen molar-refractivity contribution >= 4 is 81.2 Å². The van der Waals surface area contributed by atoms with E-state index in [1.165, 1.54) is 24.2 Å². The molecular weight excluding hydrogens is 1690 g/mol. The van der Waals surface area contributed by atoms with Gasteiger partial charge in [0, 0.05) is 42.4 Å². The maximum atomic E-state index is 14.1. The Morgan fingerprint density at radius 2 is 1.25 bits per heavy atom. The number of anilines is 8. The van der Waals surface area contributed by atoms with E-state index in [1.54, 1.807) is 32.2 Å². The minimum Gasteiger partial charge on any atom is -0.493 e. The Balaban J connectivity index is 0.000000159. The van der Waals surface area contributed by atoms with Crippen molar-refractivity contribution in [2.24, 2.45) is 4.99 Å². The number of carbonyl (C=O) groups excluding carboxylic acids is 1. The normalized spacial score (nSPS) is 26.1. The molecule has 0 bridgehead atoms. The number of halogens is 4. The summed E-state index contributed by atoms with van der Waals surface area (Å²) in [5.74, 6) is -2.88. The smallest absolute Gasteiger partial charge is 0.412 e. The predicted octanol–water partition coefficient (Wildman–Crippen LogP) is -3.79. The molecule has 6 aliphatic rings. The van der Waals surface area contributed by atoms with Crippen molar-refractivity contribution < 1.29 is 131 Å². The number of hydrogen-bond donors (Lipinski definition) is 21. The zero-order valence-corrected chi connectivity index (χ0v) is 67.8. The highest BCUT2D eigenvalue weighted by atomic mass is 19.3. The summed E-state index contributed by atoms with van der Waals surface area (Å²) in [7, 11) is 4.75. The monoisotopic (exact) mass is 1790 g/mol. The molecule has 0 aliphatic carbocycles. The molecule has 19 atom stereocenters. The average Bonchev–Trinajstić information content (AvgIpc) is 1.62. The molecule has 5 saturated heterocycles. The van der Waals surface area contributed by atoms with Crippen LogP contribution >= 0.6 is 0 Å². The Morgan fingerprint density at radius 1 is 0.643 bits per heavy atom. The molecule has 9 aromatic rings. The zero-order valence-electron chi connectivity index (χ0n) is 67.8. The summed E-state index contributed by atoms with van der Waals surface area (Å²) in [6.45, 7) is 4.55. The van der Waals surface area contributed by atoms with Gasteiger partial charge in [-0.3, -0.25) is 33.1 Å². The molecule has 126 heavy (non-hydrogen) atoms. The number of hydrogen-bond acceptors (Lipinski definition) is 44. The number of unbranched alkanes of at least 4 members (excludes halogenated alkanes) is 2. The number of nitrogens with one attached hydrogen (secondary N) is 3. The van der Waals surface area contributed by atoms with Crippen LogP contribution in [0.5, 0.6) is 17.2 Å². The number of nitrogen functional groups attached to an aromatic ring is 5. The van der Waals surface area contributed by atoms with Gasteiger partial charge in [0.1, 0.15) is 103 Å². The summed E-state index contributed by atoms with van der Waals surface area (Å²) in [6, 6.07) is 8.75. The van der Waals surface area contributed by atoms with Crippen LogP contribution in [0.1, 0.15) is 93.6 Å². The summed E-state index contributed by atoms with van der Waals surface area (Å²) in [4.78, 5) is 87.5. The molecule has 54 heteroatoms. The van der Waals surface area contributed by atoms with E-state index >= 15 is 0 Å². The Kier molecular flexibility index (Phi) is 32.4. The number of aromatic nitrogens is 15. The van der Waals surface area contributed by atoms with Crippen LogP contribution in [0.25, 0.3) is 22.1 Å². The van der Waals surface area contributed by atoms with Crippen molar-refractivity contribution in [2.75, 3.05) is 106 Å². The summed E-state index contributed by atoms with van der Waals surface area (Å²) in [5.41, 5.74) is 29.3. The summed E-state index contributed by atoms with van der Waals surface area (Å²) < 4.78 is 107. The van der Waals surface area contributed by atoms with E-state index in [2.05, 4.69) is 70.8 Å². The Bertz CT molecular complexity index is 5410. The van der Waals surface area contributed by atoms with Gasteiger partial charge in [0.2, 0.25) is 23.9 Å². The number of aliphatic imine (C=N–C) groups is 1. The highest BCUT2D eigenvalue weighted by Crippen LogP contribution is 2.44. The van der Waals surface area contributed by atoms with Gasteiger partial charge in [-0.1, -0.05) is 25.8 Å². The number of nitrogens with two attached hydrogens (primary N) is 5. The maximum Gasteiger partial charge on any atom is 0.412 e. The molecule has 7 aromatic heterocycles. The number of alkyl halides is 2. The predicted molar refractivity (Wildman–Crippen MR) is 428 cm³/mol. The van der Waals surface area contributed by atoms with E-state index < -0.39 is 183 Å². The molecule has 0 spiro atoms. The largest absolute Gasteiger partial charge is 0.493 e. The number of aliphatic hydroxyl groups excluding tert-OH is 13. The molecule has 2 aromatic carbocycles. The van der Waals surface area contributed by atoms with Crippen LogP contribution in [0.3, 0.4) is 0 Å². The molecule has 15 rings (SSSR count). The standard InChI is InChI=1S/C19H23N5O3.C15H22FN3O6.C11H16N4O4.C10H12FN5O4.C9H11F2N3O4.C8H12N4O5/c1-10-11(5-6-13-16(10)18(20)24-19(21)23-13)9-22-12-7-14(25-2)17(27-4)15(8-12)26-3;1-3-4-5-6-24-15(23)18-12-9(16)7-19(14(22)17-12)13-11(21)10(20)8(2)25-13;16-3-8-6(17)1-9(19-8)15-5-14-10-7(18)2-12-4-13-11(10)15;11-10-14-7(12)4-8(15-10)16(2-13-4)9-6(19)5(18)3(1-17)20-9;10-9(11)6(16)4(3-15)18-7(9)14-2-1-5(12)13-8(14)17;9-7-10-2-12(8(16)11-7)6-5(15)4(14)3(1-13)17-6/h5-8,22H,9H2,1-4H3,(H4,20,21,23,24);7-8,10-11,13,20-21H,3-6H2,1-2H3,(H,17,18,22,23);4-9,16-18H,1-3H2,(H,12,13);2-3,5-6,9,17-19H,1H2,(H2,12,14,15);1-2,4,6-7,15-16H,3H2,(H2,12,13,17);2-6,13-15H,1H2,(H2,9,11,16)/t;8-,10-,11-,13-;6-,7+,8+,9+;3-,5-,6+,9-;4-,6-,7-;3-,4-,5-,6-/m.10111/s1. The van der Waals surface area contributed by atoms with Crippen molar-refractivity contribution in [1.29, 1.82) is 0 Å². The lowest BCUT2D eigenvalue weighted by atomic mass is 10.0. The number of imidazole rings is 2. The summed E-state index contributed by atoms with van der Waals surface area (Å²) in [6.07, 6.45) is -14.1. The quantitative estimate of drug-likeness (QED) is 0.0198. The molecule has 26 N–H and O–H groups in total. The number of methoxy groups -OCH3 is 3. The van der Waals surface area contributed by atoms with Crippen molar-refractivity contribution in [2.45, 2.75) is 176 Å². The molecule has 5 fully saturated rings. The molecule has 0 unspecified atom stereocenters. The van der Waals surface area contributed by atoms with Crippen LogP contribution in [0.4, 0.5) is 69.0 Å². The number of aliphatic hydroxyl groups is 13. The van der Waals surface area contributed by atoms with Crippen LogP contribution in [0.15, 0.2) is 81.1 Å². The highest BCUT2D eigenvalue weighted by Gasteiger charge is 2.59. The molecule has 6 aliphatic heterocycles. The molecule has 0 saturated carbocycles. The molecule has 50 nitrogen and oxygen atoms in total. The van der Waals surface area contributed by atoms with Gasteiger partial charge in [-0.15, -0.1) is 0 Å². The average molecular weight is 1790 g/mol. The molecule has 688 valence electrons. The number of rotatable bonds is 20. The first-order valence-corrected chi connectivity index (χ1v) is 38.3. The van der Waals surface area contributed by atoms with E-state index in [4.69, 9.17) is 91.7 Å². The maximum absolute atomic E-state index is 14.1. The first kappa shape index (κ1) is 96.3. The van der Waals surface area contributed by atoms with Crippen molar-refractivity contribution in [3.63, 3.8) is 0 Å². The topological polar surface area (TPSA) is 746 Å². The van der Waals surface area contributed by atoms with Gasteiger partial charge in [0.05, 0.1) is 104 Å². The fourth-order valence-electron chi connectivity index (χ4n) is 13.4. The van der Waals surface area contributed by atoms with E-state index in [-0.39, 0.29) is 54.5 Å². The van der Waals surface area contributed by atoms with E-state index in [9.17, 15) is 82.7 Å². The van der Waals surface area contributed by atoms with Gasteiger partial charge in [-0.2, -0.15) is 43.1 Å². The van der Waals surface area contributed by atoms with Crippen LogP contribution in [0.2, 0.25) is 0 Å². The third-order valence-corrected chi connectivity index (χ3v) is 20.1. The number of amides is 1. The third kappa shape index (κ3) is 21.6. The van der Waals surface area contributed by atoms with E-state index in [0.29, 0.717) is 58.5 Å². The second-order valence-corrected chi connectivity index (χ2v) is 28.4. The Hall–Kier alpha value is -11.9. The minimum absolute atomic E-state index is 0.0323. The van der Waals surface area contributed by atoms with Gasteiger partial charge in [0.25, 0.3) is 0 Å². The minimum atomic E-state index is -3.71. The number of aryl methyl sites for hydroxylation is 1. The van der Waals surface area contributed by atoms with Gasteiger partial charge in [0.15, 0.2) is 64.9 Å². The lowest BCUT2D eigenvalue weighted by Crippen LogP contribution is -2.41. The highest BCUT2D eigenvalue weighted by molar-refractivity contribution is 5.93. The SMILES string of the molecule is CCCCCOC(=O)Nc1nc(=O)n([C@@H]2O[C@H](C)[C@@H](O)[C@H]2O)cc1F.COc1cc(NCc2ccc3nc(N)nc(N)c3c2C)cc(OC)c1OC.Nc1ccn([C@@H]2O[C@H](CO)[C@@H](O)C2(F)F)c(=O)n1.Nc1nc(F)nc2c1ncn2[C@@H]1O[C@H](CO)[C@@H](O)[C@@H]1O.Nc1ncn([C@@H]2O[C@H](CO)[C@@H](O)[C@H]2O)c(=O)n1.OC[C@H]1O[C@@H](n2cnc3c2NC=NC[C@H]3O)C[C@@H]1O. The molecule has 0 radical (unpaired) electrons. The van der Waals surface area contributed by atoms with Crippen molar-refractivity contribution in [1.82, 2.24) is 72.7 Å². The second-order valence-electron chi connectivity index (χ2n) is 28.4. The lowest BCUT2D eigenvalue weighted by Gasteiger charge is -2.20. The lowest BCUT2D eigenvalue weighted by molar-refractivity contribution is -0.140. The first-order chi connectivity index (χ1) is 60.0. The molecule has 1 amide bonds. The zero-order chi connectivity index (χ0) is 92.0. The van der Waals surface area contributed by atoms with Crippen LogP contribution in [0, 0.1) is 18.8 Å². The summed E-state index contributed by atoms with van der Waals surface area (Å²) in [5, 5.41) is 132. The summed E-state index contributed by atoms with van der Waals surface area (Å²) >= 11 is 0. The van der Waals surface area contributed by atoms with Crippen LogP contribution in [-0.2, 0) is 35.0 Å². The van der Waals surface area contributed by atoms with Gasteiger partial charge in [-0.05, 0) is 43.5 Å². The van der Waals surface area contributed by atoms with Gasteiger partial charge >= 0.3 is 35.2 Å². The number of carbonyl (C=O) groups is 1. The fraction of sp³-hybridized carbons (Fsp3) is 0.514. The molecular formula is C72H96F4N24O26. The van der Waals surface area contributed by atoms with Crippen LogP contribution in [-0.4, -0.2) is 298 Å². The Morgan fingerprint density at radius 3 is 1.83 bits per heavy atom. The van der Waals surface area contributed by atoms with Crippen molar-refractivity contribution in [3.8, 4) is 17.2 Å². The number of nitrogens with zero attached hydrogens (tertiary/aromatic N) is 16. The van der Waals surface area contributed by atoms with E-state index in [1.807, 2.05) is 38.1 Å². The molecule has 13 heterocycles. The van der Waals surface area contributed by atoms with Crippen LogP contribution < -0.4 is 75.9 Å². The number of benzene rings is 2. The first-order valence-electron chi connectivity index (χ1n) is 38.3. The number of ether oxygens (including phenoxy) is 9. The fourth-order valence-corrected chi connectivity index (χ4v) is 13.4. The van der Waals surface area contributed by atoms with Crippen molar-refractivity contribution in [3.05, 3.63) is 122 Å². The third-order valence-electron chi connectivity index (χ3n) is 20.1. The number of fused-ring (bicyclic) bond motifs is 3. The Labute approximate surface area is 708 Å². The second kappa shape index (κ2) is 42.4. The van der Waals surface area contributed by atoms with Gasteiger partial charge in [-0.25, -0.2) is 43.5 Å².